The van der Waals surface area contributed by atoms with E-state index in [2.05, 4.69) is 37.1 Å². The van der Waals surface area contributed by atoms with Crippen LogP contribution in [-0.2, 0) is 0 Å². The molecular formula is C15H20N6O. The fourth-order valence-corrected chi connectivity index (χ4v) is 2.45. The summed E-state index contributed by atoms with van der Waals surface area (Å²) in [6, 6.07) is 4.12. The van der Waals surface area contributed by atoms with Gasteiger partial charge in [0.15, 0.2) is 0 Å². The number of hydrogen-bond acceptors (Lipinski definition) is 7. The summed E-state index contributed by atoms with van der Waals surface area (Å²) in [6.45, 7) is 4.64. The van der Waals surface area contributed by atoms with Crippen LogP contribution in [0.5, 0.6) is 6.01 Å². The Morgan fingerprint density at radius 3 is 2.68 bits per heavy atom. The summed E-state index contributed by atoms with van der Waals surface area (Å²) in [5, 5.41) is 3.21. The Morgan fingerprint density at radius 1 is 1.18 bits per heavy atom. The summed E-state index contributed by atoms with van der Waals surface area (Å²) in [5.41, 5.74) is 0. The molecule has 0 aliphatic carbocycles. The number of rotatable bonds is 5. The van der Waals surface area contributed by atoms with Crippen molar-refractivity contribution in [1.82, 2.24) is 19.9 Å². The standard InChI is InChI=1S/C15H20N6O/c1-2-16-13-4-9-17-14(20-13)21-10-5-12(6-11-21)22-15-18-7-3-8-19-15/h3-4,7-9,12H,2,5-6,10-11H2,1H3,(H,16,17,20). The molecule has 0 aromatic carbocycles. The second-order valence-electron chi connectivity index (χ2n) is 5.11. The van der Waals surface area contributed by atoms with Crippen LogP contribution in [0.4, 0.5) is 11.8 Å². The quantitative estimate of drug-likeness (QED) is 0.901. The molecule has 0 unspecified atom stereocenters. The molecule has 2 aromatic rings. The molecule has 0 bridgehead atoms. The van der Waals surface area contributed by atoms with Crippen LogP contribution in [0.2, 0.25) is 0 Å². The average Bonchev–Trinajstić information content (AvgIpc) is 2.57. The van der Waals surface area contributed by atoms with E-state index in [1.54, 1.807) is 24.7 Å². The molecule has 2 aromatic heterocycles. The van der Waals surface area contributed by atoms with Crippen molar-refractivity contribution < 1.29 is 4.74 Å². The first-order valence-electron chi connectivity index (χ1n) is 7.60. The van der Waals surface area contributed by atoms with Crippen LogP contribution < -0.4 is 15.0 Å². The minimum atomic E-state index is 0.149. The summed E-state index contributed by atoms with van der Waals surface area (Å²) in [4.78, 5) is 19.3. The minimum absolute atomic E-state index is 0.149. The van der Waals surface area contributed by atoms with Gasteiger partial charge in [-0.3, -0.25) is 0 Å². The Bertz CT molecular complexity index is 586. The molecule has 0 atom stereocenters. The largest absolute Gasteiger partial charge is 0.460 e. The van der Waals surface area contributed by atoms with Crippen molar-refractivity contribution >= 4 is 11.8 Å². The molecule has 116 valence electrons. The molecule has 3 rings (SSSR count). The molecule has 1 saturated heterocycles. The molecule has 7 heteroatoms. The predicted octanol–water partition coefficient (Wildman–Crippen LogP) is 1.75. The second kappa shape index (κ2) is 7.02. The summed E-state index contributed by atoms with van der Waals surface area (Å²) < 4.78 is 5.80. The van der Waals surface area contributed by atoms with Crippen LogP contribution in [0.25, 0.3) is 0 Å². The van der Waals surface area contributed by atoms with Gasteiger partial charge < -0.3 is 15.0 Å². The van der Waals surface area contributed by atoms with Crippen LogP contribution in [-0.4, -0.2) is 45.7 Å². The number of nitrogens with one attached hydrogen (secondary N) is 1. The lowest BCUT2D eigenvalue weighted by Gasteiger charge is -2.31. The maximum Gasteiger partial charge on any atom is 0.316 e. The zero-order chi connectivity index (χ0) is 15.2. The smallest absolute Gasteiger partial charge is 0.316 e. The van der Waals surface area contributed by atoms with Crippen molar-refractivity contribution in [2.45, 2.75) is 25.9 Å². The first-order chi connectivity index (χ1) is 10.8. The number of aromatic nitrogens is 4. The summed E-state index contributed by atoms with van der Waals surface area (Å²) >= 11 is 0. The SMILES string of the molecule is CCNc1ccnc(N2CCC(Oc3ncccn3)CC2)n1. The van der Waals surface area contributed by atoms with Gasteiger partial charge in [-0.25, -0.2) is 15.0 Å². The molecule has 3 heterocycles. The normalized spacial score (nSPS) is 15.6. The van der Waals surface area contributed by atoms with E-state index in [-0.39, 0.29) is 6.10 Å². The third-order valence-corrected chi connectivity index (χ3v) is 3.54. The summed E-state index contributed by atoms with van der Waals surface area (Å²) in [7, 11) is 0. The van der Waals surface area contributed by atoms with Crippen LogP contribution >= 0.6 is 0 Å². The highest BCUT2D eigenvalue weighted by Crippen LogP contribution is 2.19. The zero-order valence-electron chi connectivity index (χ0n) is 12.6. The van der Waals surface area contributed by atoms with Gasteiger partial charge in [0.05, 0.1) is 0 Å². The van der Waals surface area contributed by atoms with E-state index in [9.17, 15) is 0 Å². The fourth-order valence-electron chi connectivity index (χ4n) is 2.45. The number of piperidine rings is 1. The Labute approximate surface area is 129 Å². The van der Waals surface area contributed by atoms with E-state index < -0.39 is 0 Å². The summed E-state index contributed by atoms with van der Waals surface area (Å²) in [5.74, 6) is 1.64. The van der Waals surface area contributed by atoms with Crippen molar-refractivity contribution in [1.29, 1.82) is 0 Å². The highest BCUT2D eigenvalue weighted by Gasteiger charge is 2.23. The fraction of sp³-hybridized carbons (Fsp3) is 0.467. The Kier molecular flexibility index (Phi) is 4.62. The van der Waals surface area contributed by atoms with Crippen molar-refractivity contribution in [3.8, 4) is 6.01 Å². The number of ether oxygens (including phenoxy) is 1. The van der Waals surface area contributed by atoms with Gasteiger partial charge in [0.2, 0.25) is 5.95 Å². The molecule has 0 radical (unpaired) electrons. The lowest BCUT2D eigenvalue weighted by atomic mass is 10.1. The molecule has 1 N–H and O–H groups in total. The topological polar surface area (TPSA) is 76.1 Å². The maximum atomic E-state index is 5.80. The van der Waals surface area contributed by atoms with Gasteiger partial charge in [-0.05, 0) is 19.1 Å². The molecule has 1 fully saturated rings. The lowest BCUT2D eigenvalue weighted by molar-refractivity contribution is 0.156. The van der Waals surface area contributed by atoms with E-state index >= 15 is 0 Å². The van der Waals surface area contributed by atoms with Crippen molar-refractivity contribution in [3.05, 3.63) is 30.7 Å². The number of anilines is 2. The molecule has 1 aliphatic rings. The van der Waals surface area contributed by atoms with Gasteiger partial charge in [0, 0.05) is 51.1 Å². The number of nitrogens with zero attached hydrogens (tertiary/aromatic N) is 5. The van der Waals surface area contributed by atoms with Gasteiger partial charge in [-0.15, -0.1) is 0 Å². The molecule has 22 heavy (non-hydrogen) atoms. The van der Waals surface area contributed by atoms with Crippen molar-refractivity contribution in [2.24, 2.45) is 0 Å². The van der Waals surface area contributed by atoms with Gasteiger partial charge >= 0.3 is 6.01 Å². The lowest BCUT2D eigenvalue weighted by Crippen LogP contribution is -2.39. The third-order valence-electron chi connectivity index (χ3n) is 3.54. The monoisotopic (exact) mass is 300 g/mol. The Hall–Kier alpha value is -2.44. The average molecular weight is 300 g/mol. The van der Waals surface area contributed by atoms with Gasteiger partial charge in [0.1, 0.15) is 11.9 Å². The first kappa shape index (κ1) is 14.5. The van der Waals surface area contributed by atoms with E-state index in [0.717, 1.165) is 44.2 Å². The van der Waals surface area contributed by atoms with Crippen LogP contribution in [0.1, 0.15) is 19.8 Å². The second-order valence-corrected chi connectivity index (χ2v) is 5.11. The highest BCUT2D eigenvalue weighted by atomic mass is 16.5. The minimum Gasteiger partial charge on any atom is -0.460 e. The van der Waals surface area contributed by atoms with Crippen molar-refractivity contribution in [2.75, 3.05) is 29.9 Å². The Morgan fingerprint density at radius 2 is 1.95 bits per heavy atom. The number of hydrogen-bond donors (Lipinski definition) is 1. The van der Waals surface area contributed by atoms with E-state index in [1.165, 1.54) is 0 Å². The van der Waals surface area contributed by atoms with Crippen molar-refractivity contribution in [3.63, 3.8) is 0 Å². The zero-order valence-corrected chi connectivity index (χ0v) is 12.6. The van der Waals surface area contributed by atoms with Gasteiger partial charge in [-0.2, -0.15) is 4.98 Å². The molecule has 7 nitrogen and oxygen atoms in total. The van der Waals surface area contributed by atoms with Crippen LogP contribution in [0, 0.1) is 0 Å². The first-order valence-corrected chi connectivity index (χ1v) is 7.60. The molecule has 0 saturated carbocycles. The maximum absolute atomic E-state index is 5.80. The predicted molar refractivity (Wildman–Crippen MR) is 84.1 cm³/mol. The molecular weight excluding hydrogens is 280 g/mol. The van der Waals surface area contributed by atoms with Crippen LogP contribution in [0.3, 0.4) is 0 Å². The van der Waals surface area contributed by atoms with E-state index in [0.29, 0.717) is 6.01 Å². The Balaban J connectivity index is 1.56. The third kappa shape index (κ3) is 3.60. The van der Waals surface area contributed by atoms with E-state index in [1.807, 2.05) is 6.07 Å². The highest BCUT2D eigenvalue weighted by molar-refractivity contribution is 5.41. The molecule has 0 spiro atoms. The molecule has 0 amide bonds. The van der Waals surface area contributed by atoms with Crippen LogP contribution in [0.15, 0.2) is 30.7 Å². The van der Waals surface area contributed by atoms with Gasteiger partial charge in [0.25, 0.3) is 0 Å². The van der Waals surface area contributed by atoms with E-state index in [4.69, 9.17) is 4.74 Å². The molecule has 1 aliphatic heterocycles. The van der Waals surface area contributed by atoms with Gasteiger partial charge in [-0.1, -0.05) is 0 Å². The summed E-state index contributed by atoms with van der Waals surface area (Å²) in [6.07, 6.45) is 7.14.